The van der Waals surface area contributed by atoms with Crippen LogP contribution in [0.2, 0.25) is 0 Å². The van der Waals surface area contributed by atoms with Crippen molar-refractivity contribution in [2.24, 2.45) is 4.99 Å². The number of nitrogen functional groups attached to an aromatic ring is 1. The Labute approximate surface area is 158 Å². The van der Waals surface area contributed by atoms with Gasteiger partial charge in [0.2, 0.25) is 9.88 Å². The van der Waals surface area contributed by atoms with Crippen molar-refractivity contribution in [3.63, 3.8) is 0 Å². The molecule has 1 aliphatic rings. The Morgan fingerprint density at radius 3 is 2.30 bits per heavy atom. The molecule has 3 aromatic rings. The third-order valence-electron chi connectivity index (χ3n) is 4.35. The summed E-state index contributed by atoms with van der Waals surface area (Å²) in [5.41, 5.74) is 6.27. The first kappa shape index (κ1) is 17.5. The summed E-state index contributed by atoms with van der Waals surface area (Å²) in [6.07, 6.45) is 0. The summed E-state index contributed by atoms with van der Waals surface area (Å²) in [7, 11) is -4.84. The number of rotatable bonds is 3. The van der Waals surface area contributed by atoms with Crippen molar-refractivity contribution in [3.8, 4) is 0 Å². The molecule has 2 aromatic carbocycles. The first-order valence-corrected chi connectivity index (χ1v) is 9.96. The molecule has 1 unspecified atom stereocenters. The van der Waals surface area contributed by atoms with E-state index in [0.29, 0.717) is 11.1 Å². The Hall–Kier alpha value is -2.95. The second-order valence-electron chi connectivity index (χ2n) is 5.84. The minimum Gasteiger partial charge on any atom is -0.374 e. The number of aromatic nitrogens is 2. The van der Waals surface area contributed by atoms with Gasteiger partial charge in [-0.3, -0.25) is 4.55 Å². The molecule has 4 rings (SSSR count). The van der Waals surface area contributed by atoms with Gasteiger partial charge in [0.05, 0.1) is 11.4 Å². The molecule has 136 valence electrons. The predicted octanol–water partition coefficient (Wildman–Crippen LogP) is 2.41. The van der Waals surface area contributed by atoms with E-state index in [4.69, 9.17) is 11.1 Å². The molecule has 10 heteroatoms. The summed E-state index contributed by atoms with van der Waals surface area (Å²) in [6.45, 7) is 0. The zero-order valence-corrected chi connectivity index (χ0v) is 15.3. The van der Waals surface area contributed by atoms with Crippen LogP contribution in [0.4, 0.5) is 11.1 Å². The number of fused-ring (bicyclic) bond motifs is 1. The van der Waals surface area contributed by atoms with Crippen molar-refractivity contribution in [2.45, 2.75) is 4.75 Å². The summed E-state index contributed by atoms with van der Waals surface area (Å²) in [6, 6.07) is 14.7. The van der Waals surface area contributed by atoms with E-state index in [1.165, 1.54) is 12.1 Å². The number of anilines is 1. The van der Waals surface area contributed by atoms with E-state index in [1.807, 2.05) is 0 Å². The molecule has 1 atom stereocenters. The van der Waals surface area contributed by atoms with Crippen molar-refractivity contribution in [1.29, 1.82) is 5.41 Å². The lowest BCUT2D eigenvalue weighted by Crippen LogP contribution is -2.46. The van der Waals surface area contributed by atoms with Gasteiger partial charge in [-0.05, 0) is 5.56 Å². The lowest BCUT2D eigenvalue weighted by atomic mass is 9.92. The van der Waals surface area contributed by atoms with E-state index in [1.54, 1.807) is 42.5 Å². The maximum Gasteiger partial charge on any atom is 0.286 e. The SMILES string of the molecule is N=C1c2ccccc2C(=Nc2nsc(N)n2)C1(c1ccccc1)S(=O)(=O)O. The highest BCUT2D eigenvalue weighted by Crippen LogP contribution is 2.44. The maximum absolute atomic E-state index is 12.7. The van der Waals surface area contributed by atoms with Crippen LogP contribution in [-0.4, -0.2) is 33.8 Å². The highest BCUT2D eigenvalue weighted by molar-refractivity contribution is 7.88. The molecular weight excluding hydrogens is 386 g/mol. The topological polar surface area (TPSA) is 142 Å². The third kappa shape index (κ3) is 2.49. The monoisotopic (exact) mass is 399 g/mol. The van der Waals surface area contributed by atoms with Gasteiger partial charge in [-0.15, -0.1) is 4.37 Å². The summed E-state index contributed by atoms with van der Waals surface area (Å²) < 4.78 is 37.5. The van der Waals surface area contributed by atoms with Crippen molar-refractivity contribution in [3.05, 3.63) is 71.3 Å². The molecule has 0 fully saturated rings. The van der Waals surface area contributed by atoms with Gasteiger partial charge in [0.15, 0.2) is 0 Å². The standard InChI is InChI=1S/C17H13N5O3S2/c18-13-11-8-4-5-9-12(11)14(20-16-21-15(19)26-22-16)17(13,27(23,24)25)10-6-2-1-3-7-10/h1-9,18H,(H2,19,21,22)(H,23,24,25). The average molecular weight is 399 g/mol. The number of aliphatic imine (C=N–C) groups is 1. The molecule has 1 aromatic heterocycles. The lowest BCUT2D eigenvalue weighted by Gasteiger charge is -2.27. The zero-order chi connectivity index (χ0) is 19.2. The number of hydrogen-bond acceptors (Lipinski definition) is 8. The first-order chi connectivity index (χ1) is 12.9. The largest absolute Gasteiger partial charge is 0.374 e. The molecule has 0 amide bonds. The fraction of sp³-hybridized carbons (Fsp3) is 0.0588. The minimum absolute atomic E-state index is 0.0269. The summed E-state index contributed by atoms with van der Waals surface area (Å²) >= 11 is 0.917. The molecule has 0 aliphatic heterocycles. The molecular formula is C17H13N5O3S2. The van der Waals surface area contributed by atoms with Crippen LogP contribution in [-0.2, 0) is 14.9 Å². The fourth-order valence-electron chi connectivity index (χ4n) is 3.27. The highest BCUT2D eigenvalue weighted by atomic mass is 32.2. The molecule has 4 N–H and O–H groups in total. The molecule has 0 saturated heterocycles. The minimum atomic E-state index is -4.84. The van der Waals surface area contributed by atoms with Gasteiger partial charge in [0.25, 0.3) is 16.1 Å². The van der Waals surface area contributed by atoms with Crippen molar-refractivity contribution < 1.29 is 13.0 Å². The zero-order valence-electron chi connectivity index (χ0n) is 13.7. The van der Waals surface area contributed by atoms with Crippen LogP contribution < -0.4 is 5.73 Å². The normalized spacial score (nSPS) is 20.8. The molecule has 27 heavy (non-hydrogen) atoms. The number of hydrogen-bond donors (Lipinski definition) is 3. The van der Waals surface area contributed by atoms with E-state index >= 15 is 0 Å². The Morgan fingerprint density at radius 1 is 1.07 bits per heavy atom. The van der Waals surface area contributed by atoms with Crippen molar-refractivity contribution in [2.75, 3.05) is 5.73 Å². The van der Waals surface area contributed by atoms with E-state index in [2.05, 4.69) is 14.3 Å². The van der Waals surface area contributed by atoms with E-state index in [-0.39, 0.29) is 28.1 Å². The summed E-state index contributed by atoms with van der Waals surface area (Å²) in [5, 5.41) is 8.82. The smallest absolute Gasteiger partial charge is 0.286 e. The quantitative estimate of drug-likeness (QED) is 0.577. The van der Waals surface area contributed by atoms with Gasteiger partial charge in [0, 0.05) is 22.7 Å². The van der Waals surface area contributed by atoms with Gasteiger partial charge in [0.1, 0.15) is 0 Å². The third-order valence-corrected chi connectivity index (χ3v) is 6.29. The second-order valence-corrected chi connectivity index (χ2v) is 8.18. The first-order valence-electron chi connectivity index (χ1n) is 7.75. The van der Waals surface area contributed by atoms with E-state index in [9.17, 15) is 13.0 Å². The average Bonchev–Trinajstić information content (AvgIpc) is 3.16. The van der Waals surface area contributed by atoms with Crippen LogP contribution in [0.3, 0.4) is 0 Å². The number of benzene rings is 2. The van der Waals surface area contributed by atoms with Crippen LogP contribution in [0.1, 0.15) is 16.7 Å². The number of nitrogens with two attached hydrogens (primary N) is 1. The summed E-state index contributed by atoms with van der Waals surface area (Å²) in [4.78, 5) is 8.28. The molecule has 0 saturated carbocycles. The van der Waals surface area contributed by atoms with Gasteiger partial charge >= 0.3 is 0 Å². The maximum atomic E-state index is 12.7. The summed E-state index contributed by atoms with van der Waals surface area (Å²) in [5.74, 6) is -0.0269. The molecule has 0 radical (unpaired) electrons. The van der Waals surface area contributed by atoms with Crippen LogP contribution in [0.25, 0.3) is 0 Å². The molecule has 0 spiro atoms. The van der Waals surface area contributed by atoms with Gasteiger partial charge < -0.3 is 11.1 Å². The molecule has 1 aliphatic carbocycles. The fourth-order valence-corrected chi connectivity index (χ4v) is 4.85. The van der Waals surface area contributed by atoms with Crippen LogP contribution in [0, 0.1) is 5.41 Å². The number of nitrogens with one attached hydrogen (secondary N) is 1. The van der Waals surface area contributed by atoms with Crippen LogP contribution in [0.5, 0.6) is 0 Å². The Kier molecular flexibility index (Phi) is 3.91. The van der Waals surface area contributed by atoms with Gasteiger partial charge in [-0.25, -0.2) is 4.99 Å². The lowest BCUT2D eigenvalue weighted by molar-refractivity contribution is 0.471. The number of nitrogens with zero attached hydrogens (tertiary/aromatic N) is 3. The second kappa shape index (κ2) is 6.05. The highest BCUT2D eigenvalue weighted by Gasteiger charge is 2.59. The van der Waals surface area contributed by atoms with Gasteiger partial charge in [-0.2, -0.15) is 13.4 Å². The van der Waals surface area contributed by atoms with E-state index < -0.39 is 14.9 Å². The Morgan fingerprint density at radius 2 is 1.70 bits per heavy atom. The van der Waals surface area contributed by atoms with Gasteiger partial charge in [-0.1, -0.05) is 54.6 Å². The predicted molar refractivity (Wildman–Crippen MR) is 103 cm³/mol. The Balaban J connectivity index is 2.13. The molecule has 1 heterocycles. The molecule has 8 nitrogen and oxygen atoms in total. The van der Waals surface area contributed by atoms with E-state index in [0.717, 1.165) is 11.5 Å². The Bertz CT molecular complexity index is 1190. The van der Waals surface area contributed by atoms with Crippen LogP contribution >= 0.6 is 11.5 Å². The molecule has 0 bridgehead atoms. The van der Waals surface area contributed by atoms with Crippen molar-refractivity contribution >= 4 is 44.2 Å². The van der Waals surface area contributed by atoms with Crippen molar-refractivity contribution in [1.82, 2.24) is 9.36 Å². The van der Waals surface area contributed by atoms with Crippen LogP contribution in [0.15, 0.2) is 59.6 Å².